The van der Waals surface area contributed by atoms with Crippen molar-refractivity contribution in [2.45, 2.75) is 26.9 Å². The number of anilines is 1. The second-order valence-electron chi connectivity index (χ2n) is 7.49. The van der Waals surface area contributed by atoms with Crippen molar-refractivity contribution >= 4 is 56.3 Å². The average molecular weight is 488 g/mol. The Bertz CT molecular complexity index is 1470. The van der Waals surface area contributed by atoms with Crippen molar-refractivity contribution < 1.29 is 4.79 Å². The van der Waals surface area contributed by atoms with Crippen molar-refractivity contribution in [3.8, 4) is 0 Å². The van der Waals surface area contributed by atoms with Crippen molar-refractivity contribution in [2.24, 2.45) is 0 Å². The van der Waals surface area contributed by atoms with Gasteiger partial charge in [0.25, 0.3) is 5.56 Å². The van der Waals surface area contributed by atoms with Crippen LogP contribution in [0.4, 0.5) is 5.69 Å². The third-order valence-corrected chi connectivity index (χ3v) is 6.88. The fraction of sp³-hybridized carbons (Fsp3) is 0.174. The Morgan fingerprint density at radius 2 is 1.75 bits per heavy atom. The number of thiophene rings is 1. The van der Waals surface area contributed by atoms with Crippen molar-refractivity contribution in [1.29, 1.82) is 0 Å². The van der Waals surface area contributed by atoms with Crippen LogP contribution in [0.3, 0.4) is 0 Å². The van der Waals surface area contributed by atoms with E-state index in [1.165, 1.54) is 26.5 Å². The van der Waals surface area contributed by atoms with Crippen LogP contribution in [0.15, 0.2) is 57.4 Å². The zero-order chi connectivity index (χ0) is 23.0. The summed E-state index contributed by atoms with van der Waals surface area (Å²) in [6, 6.07) is 12.2. The van der Waals surface area contributed by atoms with Gasteiger partial charge in [-0.2, -0.15) is 0 Å². The van der Waals surface area contributed by atoms with Gasteiger partial charge in [0, 0.05) is 5.69 Å². The molecule has 0 radical (unpaired) electrons. The molecule has 0 unspecified atom stereocenters. The normalized spacial score (nSPS) is 11.1. The molecule has 0 fully saturated rings. The number of carbonyl (C=O) groups excluding carboxylic acids is 1. The minimum atomic E-state index is -0.539. The highest BCUT2D eigenvalue weighted by Crippen LogP contribution is 2.25. The van der Waals surface area contributed by atoms with Gasteiger partial charge in [0.2, 0.25) is 5.91 Å². The molecule has 0 aliphatic carbocycles. The highest BCUT2D eigenvalue weighted by molar-refractivity contribution is 7.17. The molecule has 2 aromatic heterocycles. The third kappa shape index (κ3) is 4.37. The molecule has 164 valence electrons. The molecule has 0 saturated heterocycles. The number of fused-ring (bicyclic) bond motifs is 1. The number of rotatable bonds is 5. The van der Waals surface area contributed by atoms with Crippen LogP contribution in [0, 0.1) is 13.8 Å². The number of nitrogens with one attached hydrogen (secondary N) is 1. The lowest BCUT2D eigenvalue weighted by atomic mass is 10.1. The minimum Gasteiger partial charge on any atom is -0.324 e. The first kappa shape index (κ1) is 22.3. The topological polar surface area (TPSA) is 73.1 Å². The molecule has 32 heavy (non-hydrogen) atoms. The zero-order valence-corrected chi connectivity index (χ0v) is 19.6. The van der Waals surface area contributed by atoms with Crippen molar-refractivity contribution in [2.75, 3.05) is 5.32 Å². The molecule has 2 heterocycles. The fourth-order valence-corrected chi connectivity index (χ4v) is 4.57. The number of halogens is 2. The summed E-state index contributed by atoms with van der Waals surface area (Å²) in [6.45, 7) is 3.86. The molecule has 4 aromatic rings. The van der Waals surface area contributed by atoms with Gasteiger partial charge in [-0.05, 0) is 60.2 Å². The molecule has 6 nitrogen and oxygen atoms in total. The number of benzene rings is 2. The monoisotopic (exact) mass is 487 g/mol. The first-order valence-electron chi connectivity index (χ1n) is 9.76. The van der Waals surface area contributed by atoms with E-state index in [0.29, 0.717) is 25.9 Å². The summed E-state index contributed by atoms with van der Waals surface area (Å²) in [7, 11) is 0. The van der Waals surface area contributed by atoms with Gasteiger partial charge in [0.05, 0.1) is 22.1 Å². The Morgan fingerprint density at radius 3 is 2.47 bits per heavy atom. The van der Waals surface area contributed by atoms with E-state index in [2.05, 4.69) is 5.32 Å². The van der Waals surface area contributed by atoms with Gasteiger partial charge >= 0.3 is 5.69 Å². The van der Waals surface area contributed by atoms with Crippen LogP contribution in [0.2, 0.25) is 10.0 Å². The van der Waals surface area contributed by atoms with E-state index in [-0.39, 0.29) is 18.6 Å². The Morgan fingerprint density at radius 1 is 0.969 bits per heavy atom. The number of hydrogen-bond donors (Lipinski definition) is 1. The van der Waals surface area contributed by atoms with Gasteiger partial charge in [-0.15, -0.1) is 11.3 Å². The molecule has 4 rings (SSSR count). The fourth-order valence-electron chi connectivity index (χ4n) is 3.43. The predicted molar refractivity (Wildman–Crippen MR) is 130 cm³/mol. The Balaban J connectivity index is 1.71. The van der Waals surface area contributed by atoms with Crippen LogP contribution >= 0.6 is 34.5 Å². The second kappa shape index (κ2) is 8.94. The number of nitrogens with zero attached hydrogens (tertiary/aromatic N) is 2. The van der Waals surface area contributed by atoms with E-state index in [9.17, 15) is 14.4 Å². The Kier molecular flexibility index (Phi) is 6.24. The molecular weight excluding hydrogens is 469 g/mol. The highest BCUT2D eigenvalue weighted by Gasteiger charge is 2.17. The van der Waals surface area contributed by atoms with E-state index >= 15 is 0 Å². The first-order chi connectivity index (χ1) is 15.2. The summed E-state index contributed by atoms with van der Waals surface area (Å²) < 4.78 is 2.92. The molecule has 0 saturated carbocycles. The molecule has 2 aromatic carbocycles. The number of hydrogen-bond acceptors (Lipinski definition) is 4. The second-order valence-corrected chi connectivity index (χ2v) is 9.22. The number of aryl methyl sites for hydroxylation is 2. The van der Waals surface area contributed by atoms with E-state index in [0.717, 1.165) is 16.7 Å². The summed E-state index contributed by atoms with van der Waals surface area (Å²) in [6.07, 6.45) is 0. The summed E-state index contributed by atoms with van der Waals surface area (Å²) in [5.41, 5.74) is 3.05. The molecule has 0 bridgehead atoms. The quantitative estimate of drug-likeness (QED) is 0.437. The Hall–Kier alpha value is -2.87. The standard InChI is InChI=1S/C23H19Cl2N3O3S/c1-13-3-4-15(9-14(13)2)11-28-22(30)21-19(7-8-32-21)27(23(28)31)12-20(29)26-16-5-6-17(24)18(25)10-16/h3-10H,11-12H2,1-2H3,(H,26,29). The largest absolute Gasteiger partial charge is 0.332 e. The molecule has 0 atom stereocenters. The molecule has 0 spiro atoms. The van der Waals surface area contributed by atoms with Crippen LogP contribution in [0.25, 0.3) is 10.2 Å². The van der Waals surface area contributed by atoms with Crippen LogP contribution < -0.4 is 16.6 Å². The number of amides is 1. The zero-order valence-electron chi connectivity index (χ0n) is 17.3. The summed E-state index contributed by atoms with van der Waals surface area (Å²) in [5.74, 6) is -0.422. The first-order valence-corrected chi connectivity index (χ1v) is 11.4. The van der Waals surface area contributed by atoms with Crippen molar-refractivity contribution in [3.05, 3.63) is 95.4 Å². The summed E-state index contributed by atoms with van der Waals surface area (Å²) in [5, 5.41) is 5.13. The van der Waals surface area contributed by atoms with Crippen LogP contribution in [0.5, 0.6) is 0 Å². The smallest absolute Gasteiger partial charge is 0.324 e. The maximum atomic E-state index is 13.3. The highest BCUT2D eigenvalue weighted by atomic mass is 35.5. The van der Waals surface area contributed by atoms with E-state index in [1.54, 1.807) is 23.6 Å². The Labute approximate surface area is 197 Å². The lowest BCUT2D eigenvalue weighted by Crippen LogP contribution is -2.41. The van der Waals surface area contributed by atoms with Gasteiger partial charge in [-0.1, -0.05) is 41.4 Å². The lowest BCUT2D eigenvalue weighted by Gasteiger charge is -2.13. The molecule has 1 amide bonds. The van der Waals surface area contributed by atoms with Crippen molar-refractivity contribution in [1.82, 2.24) is 9.13 Å². The van der Waals surface area contributed by atoms with Crippen LogP contribution in [0.1, 0.15) is 16.7 Å². The summed E-state index contributed by atoms with van der Waals surface area (Å²) in [4.78, 5) is 39.0. The van der Waals surface area contributed by atoms with Gasteiger partial charge in [-0.3, -0.25) is 18.7 Å². The van der Waals surface area contributed by atoms with Crippen LogP contribution in [-0.4, -0.2) is 15.0 Å². The number of aromatic nitrogens is 2. The SMILES string of the molecule is Cc1ccc(Cn2c(=O)c3sccc3n(CC(=O)Nc3ccc(Cl)c(Cl)c3)c2=O)cc1C. The lowest BCUT2D eigenvalue weighted by molar-refractivity contribution is -0.116. The van der Waals surface area contributed by atoms with E-state index in [4.69, 9.17) is 23.2 Å². The summed E-state index contributed by atoms with van der Waals surface area (Å²) >= 11 is 13.2. The van der Waals surface area contributed by atoms with Crippen LogP contribution in [-0.2, 0) is 17.9 Å². The molecule has 1 N–H and O–H groups in total. The maximum absolute atomic E-state index is 13.3. The van der Waals surface area contributed by atoms with E-state index < -0.39 is 11.6 Å². The maximum Gasteiger partial charge on any atom is 0.332 e. The predicted octanol–water partition coefficient (Wildman–Crippen LogP) is 4.84. The van der Waals surface area contributed by atoms with Gasteiger partial charge in [0.1, 0.15) is 11.2 Å². The minimum absolute atomic E-state index is 0.126. The van der Waals surface area contributed by atoms with Gasteiger partial charge in [0.15, 0.2) is 0 Å². The average Bonchev–Trinajstić information content (AvgIpc) is 3.24. The molecule has 0 aliphatic rings. The third-order valence-electron chi connectivity index (χ3n) is 5.25. The molecular formula is C23H19Cl2N3O3S. The van der Waals surface area contributed by atoms with E-state index in [1.807, 2.05) is 32.0 Å². The molecule has 9 heteroatoms. The number of carbonyl (C=O) groups is 1. The van der Waals surface area contributed by atoms with Crippen molar-refractivity contribution in [3.63, 3.8) is 0 Å². The molecule has 0 aliphatic heterocycles. The van der Waals surface area contributed by atoms with Gasteiger partial charge < -0.3 is 5.32 Å². The van der Waals surface area contributed by atoms with Gasteiger partial charge in [-0.25, -0.2) is 4.79 Å².